The first-order valence-corrected chi connectivity index (χ1v) is 6.27. The first-order chi connectivity index (χ1) is 8.57. The molecule has 1 rings (SSSR count). The molecule has 1 aliphatic heterocycles. The molecule has 0 amide bonds. The van der Waals surface area contributed by atoms with E-state index in [9.17, 15) is 0 Å². The molecule has 0 aromatic carbocycles. The van der Waals surface area contributed by atoms with Crippen molar-refractivity contribution in [2.75, 3.05) is 14.1 Å². The Morgan fingerprint density at radius 1 is 1.21 bits per heavy atom. The molecule has 0 aromatic heterocycles. The smallest absolute Gasteiger partial charge is 0.404 e. The molecule has 1 heterocycles. The second-order valence-electron chi connectivity index (χ2n) is 5.88. The van der Waals surface area contributed by atoms with Crippen LogP contribution in [0.1, 0.15) is 27.7 Å². The van der Waals surface area contributed by atoms with Crippen molar-refractivity contribution in [3.8, 4) is 0 Å². The van der Waals surface area contributed by atoms with E-state index in [1.54, 1.807) is 6.21 Å². The first-order valence-electron chi connectivity index (χ1n) is 6.27. The number of allylic oxidation sites excluding steroid dienone is 1. The molecule has 0 bridgehead atoms. The minimum absolute atomic E-state index is 0.396. The van der Waals surface area contributed by atoms with Crippen molar-refractivity contribution in [2.45, 2.75) is 38.9 Å². The van der Waals surface area contributed by atoms with Crippen LogP contribution in [0, 0.1) is 0 Å². The van der Waals surface area contributed by atoms with E-state index in [1.165, 1.54) is 6.20 Å². The fraction of sp³-hybridized carbons (Fsp3) is 0.615. The predicted octanol–water partition coefficient (Wildman–Crippen LogP) is 1.56. The van der Waals surface area contributed by atoms with Gasteiger partial charge >= 0.3 is 7.12 Å². The fourth-order valence-electron chi connectivity index (χ4n) is 1.36. The molecule has 0 aliphatic carbocycles. The van der Waals surface area contributed by atoms with Crippen LogP contribution in [0.15, 0.2) is 29.1 Å². The summed E-state index contributed by atoms with van der Waals surface area (Å²) in [5.74, 6) is 0. The zero-order chi connectivity index (χ0) is 14.8. The first kappa shape index (κ1) is 15.8. The van der Waals surface area contributed by atoms with Gasteiger partial charge in [0.25, 0.3) is 0 Å². The molecule has 1 saturated heterocycles. The van der Waals surface area contributed by atoms with Crippen molar-refractivity contribution >= 4 is 13.3 Å². The molecule has 1 aliphatic rings. The molecule has 106 valence electrons. The lowest BCUT2D eigenvalue weighted by Crippen LogP contribution is -2.41. The fourth-order valence-corrected chi connectivity index (χ4v) is 1.36. The number of nitrogens with zero attached hydrogens (tertiary/aromatic N) is 2. The van der Waals surface area contributed by atoms with Crippen molar-refractivity contribution < 1.29 is 9.31 Å². The number of rotatable bonds is 4. The Kier molecular flexibility index (Phi) is 4.48. The van der Waals surface area contributed by atoms with Gasteiger partial charge in [0, 0.05) is 32.2 Å². The third-order valence-corrected chi connectivity index (χ3v) is 3.55. The predicted molar refractivity (Wildman–Crippen MR) is 79.7 cm³/mol. The van der Waals surface area contributed by atoms with Gasteiger partial charge in [0.05, 0.1) is 16.8 Å². The molecule has 1 fully saturated rings. The summed E-state index contributed by atoms with van der Waals surface area (Å²) >= 11 is 0. The summed E-state index contributed by atoms with van der Waals surface area (Å²) in [6.45, 7) is 11.8. The van der Waals surface area contributed by atoms with Gasteiger partial charge in [-0.1, -0.05) is 6.58 Å². The molecule has 5 nitrogen and oxygen atoms in total. The average Bonchev–Trinajstić information content (AvgIpc) is 2.47. The van der Waals surface area contributed by atoms with Crippen LogP contribution in [0.2, 0.25) is 0 Å². The van der Waals surface area contributed by atoms with Crippen LogP contribution in [0.5, 0.6) is 0 Å². The molecule has 0 atom stereocenters. The van der Waals surface area contributed by atoms with Gasteiger partial charge in [-0.3, -0.25) is 4.99 Å². The summed E-state index contributed by atoms with van der Waals surface area (Å²) < 4.78 is 11.6. The summed E-state index contributed by atoms with van der Waals surface area (Å²) in [6.07, 6.45) is 3.18. The summed E-state index contributed by atoms with van der Waals surface area (Å²) in [7, 11) is 3.24. The van der Waals surface area contributed by atoms with E-state index < -0.39 is 18.3 Å². The van der Waals surface area contributed by atoms with Crippen LogP contribution in [-0.2, 0) is 9.31 Å². The van der Waals surface area contributed by atoms with Crippen LogP contribution >= 0.6 is 0 Å². The summed E-state index contributed by atoms with van der Waals surface area (Å²) in [5, 5.41) is 0. The average molecular weight is 265 g/mol. The number of aliphatic imine (C=N–C) groups is 1. The lowest BCUT2D eigenvalue weighted by Gasteiger charge is -2.32. The Hall–Kier alpha value is -1.27. The van der Waals surface area contributed by atoms with Gasteiger partial charge in [0.1, 0.15) is 0 Å². The second kappa shape index (κ2) is 5.39. The van der Waals surface area contributed by atoms with E-state index in [2.05, 4.69) is 11.6 Å². The number of hydrogen-bond acceptors (Lipinski definition) is 5. The number of hydrogen-bond donors (Lipinski definition) is 1. The highest BCUT2D eigenvalue weighted by Crippen LogP contribution is 2.37. The topological polar surface area (TPSA) is 60.1 Å². The highest BCUT2D eigenvalue weighted by atomic mass is 16.7. The van der Waals surface area contributed by atoms with Crippen LogP contribution in [0.25, 0.3) is 0 Å². The van der Waals surface area contributed by atoms with E-state index in [0.29, 0.717) is 5.60 Å². The second-order valence-corrected chi connectivity index (χ2v) is 5.88. The Balaban J connectivity index is 2.70. The maximum atomic E-state index is 5.94. The van der Waals surface area contributed by atoms with Gasteiger partial charge < -0.3 is 19.9 Å². The van der Waals surface area contributed by atoms with Gasteiger partial charge in [-0.15, -0.1) is 0 Å². The van der Waals surface area contributed by atoms with Gasteiger partial charge in [-0.2, -0.15) is 0 Å². The molecule has 6 heteroatoms. The minimum atomic E-state index is -0.560. The lowest BCUT2D eigenvalue weighted by atomic mass is 9.86. The van der Waals surface area contributed by atoms with Crippen molar-refractivity contribution in [1.82, 2.24) is 4.90 Å². The monoisotopic (exact) mass is 265 g/mol. The molecular formula is C13H24BN3O2. The minimum Gasteiger partial charge on any atom is -0.404 e. The maximum absolute atomic E-state index is 5.94. The van der Waals surface area contributed by atoms with Gasteiger partial charge in [0.15, 0.2) is 0 Å². The third-order valence-electron chi connectivity index (χ3n) is 3.55. The highest BCUT2D eigenvalue weighted by Gasteiger charge is 2.52. The summed E-state index contributed by atoms with van der Waals surface area (Å²) in [4.78, 5) is 5.98. The third kappa shape index (κ3) is 3.61. The van der Waals surface area contributed by atoms with Crippen molar-refractivity contribution in [2.24, 2.45) is 10.7 Å². The zero-order valence-corrected chi connectivity index (χ0v) is 12.7. The van der Waals surface area contributed by atoms with Gasteiger partial charge in [-0.25, -0.2) is 0 Å². The number of nitrogens with two attached hydrogens (primary N) is 1. The van der Waals surface area contributed by atoms with Crippen LogP contribution in [0.4, 0.5) is 0 Å². The van der Waals surface area contributed by atoms with Crippen molar-refractivity contribution in [3.63, 3.8) is 0 Å². The van der Waals surface area contributed by atoms with Gasteiger partial charge in [0.2, 0.25) is 0 Å². The standard InChI is InChI=1S/C13H24BN3O2/c1-10(17(6)7)8-16-9-11(15)14-18-12(2,3)13(4,5)19-14/h8-9H,1,15H2,2-7H3/b11-9-,16-8?. The molecular weight excluding hydrogens is 241 g/mol. The van der Waals surface area contributed by atoms with E-state index in [1.807, 2.05) is 46.7 Å². The molecule has 0 radical (unpaired) electrons. The lowest BCUT2D eigenvalue weighted by molar-refractivity contribution is 0.00578. The van der Waals surface area contributed by atoms with E-state index in [-0.39, 0.29) is 0 Å². The molecule has 2 N–H and O–H groups in total. The molecule has 0 unspecified atom stereocenters. The van der Waals surface area contributed by atoms with Crippen LogP contribution in [0.3, 0.4) is 0 Å². The quantitative estimate of drug-likeness (QED) is 0.619. The molecule has 0 saturated carbocycles. The van der Waals surface area contributed by atoms with E-state index in [4.69, 9.17) is 15.0 Å². The van der Waals surface area contributed by atoms with Crippen molar-refractivity contribution in [3.05, 3.63) is 24.1 Å². The SMILES string of the molecule is C=C(C=N/C=C(\N)B1OC(C)(C)C(C)(C)O1)N(C)C. The Morgan fingerprint density at radius 2 is 1.68 bits per heavy atom. The highest BCUT2D eigenvalue weighted by molar-refractivity contribution is 6.54. The Morgan fingerprint density at radius 3 is 2.11 bits per heavy atom. The summed E-state index contributed by atoms with van der Waals surface area (Å²) in [6, 6.07) is 0. The van der Waals surface area contributed by atoms with E-state index in [0.717, 1.165) is 5.70 Å². The summed E-state index contributed by atoms with van der Waals surface area (Å²) in [5.41, 5.74) is 6.38. The van der Waals surface area contributed by atoms with E-state index >= 15 is 0 Å². The van der Waals surface area contributed by atoms with Gasteiger partial charge in [-0.05, 0) is 27.7 Å². The van der Waals surface area contributed by atoms with Crippen molar-refractivity contribution in [1.29, 1.82) is 0 Å². The zero-order valence-electron chi connectivity index (χ0n) is 12.7. The van der Waals surface area contributed by atoms with Crippen LogP contribution < -0.4 is 5.73 Å². The maximum Gasteiger partial charge on any atom is 0.513 e. The Bertz CT molecular complexity index is 398. The molecule has 0 spiro atoms. The molecule has 19 heavy (non-hydrogen) atoms. The Labute approximate surface area is 116 Å². The molecule has 0 aromatic rings. The van der Waals surface area contributed by atoms with Crippen LogP contribution in [-0.4, -0.2) is 43.5 Å². The largest absolute Gasteiger partial charge is 0.513 e. The normalized spacial score (nSPS) is 22.0.